The number of nitrogens with two attached hydrogens (primary N) is 1. The second-order valence-corrected chi connectivity index (χ2v) is 9.04. The molecule has 1 saturated heterocycles. The minimum Gasteiger partial charge on any atom is -0.369 e. The molecule has 0 bridgehead atoms. The van der Waals surface area contributed by atoms with E-state index in [1.165, 1.54) is 0 Å². The van der Waals surface area contributed by atoms with Gasteiger partial charge >= 0.3 is 6.03 Å². The van der Waals surface area contributed by atoms with Crippen LogP contribution in [0.25, 0.3) is 28.0 Å². The van der Waals surface area contributed by atoms with Crippen LogP contribution in [0.15, 0.2) is 49.6 Å². The van der Waals surface area contributed by atoms with Gasteiger partial charge in [-0.2, -0.15) is 0 Å². The van der Waals surface area contributed by atoms with E-state index in [-0.39, 0.29) is 24.5 Å². The quantitative estimate of drug-likeness (QED) is 0.483. The molecule has 3 aromatic rings. The maximum Gasteiger partial charge on any atom is 0.326 e. The van der Waals surface area contributed by atoms with E-state index in [4.69, 9.17) is 10.7 Å². The van der Waals surface area contributed by atoms with Gasteiger partial charge < -0.3 is 16.4 Å². The SMILES string of the molecule is C=C(C)Nc1ncc(-c2ccc3ncc4c(c3n2)N(C2CCN(CC(N)=O)CC2)C(=O)NC4=C)cn1. The van der Waals surface area contributed by atoms with Crippen molar-refractivity contribution in [2.75, 3.05) is 29.9 Å². The van der Waals surface area contributed by atoms with Gasteiger partial charge in [-0.3, -0.25) is 19.6 Å². The second kappa shape index (κ2) is 9.34. The number of carbonyl (C=O) groups is 2. The Kier molecular flexibility index (Phi) is 6.06. The van der Waals surface area contributed by atoms with Crippen LogP contribution in [0, 0.1) is 0 Å². The van der Waals surface area contributed by atoms with Crippen molar-refractivity contribution < 1.29 is 9.59 Å². The Balaban J connectivity index is 1.54. The van der Waals surface area contributed by atoms with Crippen molar-refractivity contribution >= 4 is 40.3 Å². The van der Waals surface area contributed by atoms with Gasteiger partial charge in [0.25, 0.3) is 0 Å². The molecule has 11 nitrogen and oxygen atoms in total. The molecule has 3 amide bonds. The van der Waals surface area contributed by atoms with Gasteiger partial charge in [0.15, 0.2) is 0 Å². The van der Waals surface area contributed by atoms with E-state index in [2.05, 4.69) is 38.7 Å². The average Bonchev–Trinajstić information content (AvgIpc) is 2.84. The Morgan fingerprint density at radius 1 is 1.19 bits per heavy atom. The number of anilines is 2. The zero-order valence-corrected chi connectivity index (χ0v) is 20.0. The van der Waals surface area contributed by atoms with Crippen molar-refractivity contribution in [3.8, 4) is 11.3 Å². The number of nitrogens with zero attached hydrogens (tertiary/aromatic N) is 6. The average molecular weight is 486 g/mol. The largest absolute Gasteiger partial charge is 0.369 e. The van der Waals surface area contributed by atoms with Crippen molar-refractivity contribution in [2.24, 2.45) is 5.73 Å². The summed E-state index contributed by atoms with van der Waals surface area (Å²) in [6.07, 6.45) is 6.49. The number of likely N-dealkylation sites (tertiary alicyclic amines) is 1. The molecule has 0 unspecified atom stereocenters. The number of rotatable bonds is 6. The molecule has 0 aromatic carbocycles. The summed E-state index contributed by atoms with van der Waals surface area (Å²) in [4.78, 5) is 46.5. The smallest absolute Gasteiger partial charge is 0.326 e. The first-order chi connectivity index (χ1) is 17.3. The molecule has 2 aliphatic heterocycles. The first-order valence-electron chi connectivity index (χ1n) is 11.6. The summed E-state index contributed by atoms with van der Waals surface area (Å²) in [7, 11) is 0. The lowest BCUT2D eigenvalue weighted by molar-refractivity contribution is -0.119. The number of hydrogen-bond acceptors (Lipinski definition) is 8. The zero-order chi connectivity index (χ0) is 25.4. The summed E-state index contributed by atoms with van der Waals surface area (Å²) in [6.45, 7) is 11.2. The van der Waals surface area contributed by atoms with Crippen LogP contribution >= 0.6 is 0 Å². The molecule has 2 aliphatic rings. The molecule has 36 heavy (non-hydrogen) atoms. The number of nitrogens with one attached hydrogen (secondary N) is 2. The molecule has 11 heteroatoms. The molecular formula is C25H27N9O2. The Labute approximate surface area is 208 Å². The number of carbonyl (C=O) groups excluding carboxylic acids is 2. The molecule has 0 aliphatic carbocycles. The lowest BCUT2D eigenvalue weighted by Crippen LogP contribution is -2.53. The molecule has 0 saturated carbocycles. The van der Waals surface area contributed by atoms with Gasteiger partial charge in [0, 0.05) is 60.2 Å². The molecule has 0 spiro atoms. The first-order valence-corrected chi connectivity index (χ1v) is 11.6. The Morgan fingerprint density at radius 2 is 1.92 bits per heavy atom. The van der Waals surface area contributed by atoms with E-state index >= 15 is 0 Å². The number of amides is 3. The number of allylic oxidation sites excluding steroid dienone is 1. The number of piperidine rings is 1. The normalized spacial score (nSPS) is 16.5. The van der Waals surface area contributed by atoms with Gasteiger partial charge in [-0.05, 0) is 31.9 Å². The van der Waals surface area contributed by atoms with Crippen LogP contribution in [0.1, 0.15) is 25.3 Å². The van der Waals surface area contributed by atoms with Crippen LogP contribution in [-0.2, 0) is 4.79 Å². The van der Waals surface area contributed by atoms with Gasteiger partial charge in [0.1, 0.15) is 5.52 Å². The number of pyridine rings is 2. The summed E-state index contributed by atoms with van der Waals surface area (Å²) >= 11 is 0. The fourth-order valence-corrected chi connectivity index (χ4v) is 4.66. The fourth-order valence-electron chi connectivity index (χ4n) is 4.66. The number of fused-ring (bicyclic) bond motifs is 3. The molecule has 4 N–H and O–H groups in total. The van der Waals surface area contributed by atoms with Crippen LogP contribution in [-0.4, -0.2) is 62.5 Å². The number of urea groups is 1. The second-order valence-electron chi connectivity index (χ2n) is 9.04. The zero-order valence-electron chi connectivity index (χ0n) is 20.0. The molecule has 3 aromatic heterocycles. The number of aromatic nitrogens is 4. The van der Waals surface area contributed by atoms with E-state index in [0.29, 0.717) is 60.0 Å². The molecule has 0 atom stereocenters. The van der Waals surface area contributed by atoms with Crippen LogP contribution < -0.4 is 21.3 Å². The molecule has 0 radical (unpaired) electrons. The predicted octanol–water partition coefficient (Wildman–Crippen LogP) is 2.48. The van der Waals surface area contributed by atoms with Crippen molar-refractivity contribution in [3.05, 3.63) is 55.1 Å². The van der Waals surface area contributed by atoms with E-state index in [1.807, 2.05) is 24.0 Å². The minimum atomic E-state index is -0.355. The Morgan fingerprint density at radius 3 is 2.58 bits per heavy atom. The van der Waals surface area contributed by atoms with Crippen LogP contribution in [0.3, 0.4) is 0 Å². The van der Waals surface area contributed by atoms with Crippen LogP contribution in [0.2, 0.25) is 0 Å². The standard InChI is InChI=1S/C25H27N9O2/c1-14(2)30-24-28-10-16(11-29-24)19-4-5-20-22(32-19)23-18(12-27-20)15(3)31-25(36)34(23)17-6-8-33(9-7-17)13-21(26)35/h4-5,10-12,17H,1,3,6-9,13H2,2H3,(H2,26,35)(H,31,36)(H,28,29,30). The van der Waals surface area contributed by atoms with Gasteiger partial charge in [-0.25, -0.2) is 19.7 Å². The number of primary amides is 1. The van der Waals surface area contributed by atoms with Crippen LogP contribution in [0.5, 0.6) is 0 Å². The van der Waals surface area contributed by atoms with E-state index in [1.54, 1.807) is 23.5 Å². The van der Waals surface area contributed by atoms with Gasteiger partial charge in [-0.1, -0.05) is 13.2 Å². The van der Waals surface area contributed by atoms with E-state index in [9.17, 15) is 9.59 Å². The maximum absolute atomic E-state index is 13.2. The lowest BCUT2D eigenvalue weighted by Gasteiger charge is -2.41. The van der Waals surface area contributed by atoms with Crippen molar-refractivity contribution in [3.63, 3.8) is 0 Å². The molecule has 5 rings (SSSR count). The summed E-state index contributed by atoms with van der Waals surface area (Å²) in [6, 6.07) is 3.41. The molecular weight excluding hydrogens is 458 g/mol. The topological polar surface area (TPSA) is 142 Å². The van der Waals surface area contributed by atoms with E-state index < -0.39 is 0 Å². The monoisotopic (exact) mass is 485 g/mol. The third-order valence-corrected chi connectivity index (χ3v) is 6.30. The van der Waals surface area contributed by atoms with Crippen LogP contribution in [0.4, 0.5) is 16.4 Å². The third-order valence-electron chi connectivity index (χ3n) is 6.30. The lowest BCUT2D eigenvalue weighted by atomic mass is 9.99. The summed E-state index contributed by atoms with van der Waals surface area (Å²) in [5, 5.41) is 5.84. The Bertz CT molecular complexity index is 1380. The fraction of sp³-hybridized carbons (Fsp3) is 0.280. The minimum absolute atomic E-state index is 0.0760. The highest BCUT2D eigenvalue weighted by Crippen LogP contribution is 2.38. The molecule has 184 valence electrons. The Hall–Kier alpha value is -4.38. The first kappa shape index (κ1) is 23.4. The van der Waals surface area contributed by atoms with Gasteiger partial charge in [-0.15, -0.1) is 0 Å². The third kappa shape index (κ3) is 4.48. The van der Waals surface area contributed by atoms with Crippen molar-refractivity contribution in [1.29, 1.82) is 0 Å². The van der Waals surface area contributed by atoms with Crippen molar-refractivity contribution in [2.45, 2.75) is 25.8 Å². The number of hydrogen-bond donors (Lipinski definition) is 3. The van der Waals surface area contributed by atoms with Gasteiger partial charge in [0.2, 0.25) is 11.9 Å². The summed E-state index contributed by atoms with van der Waals surface area (Å²) in [5.41, 5.74) is 10.6. The highest BCUT2D eigenvalue weighted by atomic mass is 16.2. The summed E-state index contributed by atoms with van der Waals surface area (Å²) in [5.74, 6) is 0.0972. The maximum atomic E-state index is 13.2. The molecule has 1 fully saturated rings. The van der Waals surface area contributed by atoms with Gasteiger partial charge in [0.05, 0.1) is 23.4 Å². The highest BCUT2D eigenvalue weighted by Gasteiger charge is 2.36. The van der Waals surface area contributed by atoms with E-state index in [0.717, 1.165) is 16.8 Å². The highest BCUT2D eigenvalue weighted by molar-refractivity contribution is 6.11. The van der Waals surface area contributed by atoms with Crippen molar-refractivity contribution in [1.82, 2.24) is 30.2 Å². The molecule has 5 heterocycles. The summed E-state index contributed by atoms with van der Waals surface area (Å²) < 4.78 is 0. The predicted molar refractivity (Wildman–Crippen MR) is 138 cm³/mol.